The molecule has 0 aliphatic heterocycles. The molecule has 0 unspecified atom stereocenters. The first-order valence-electron chi connectivity index (χ1n) is 9.08. The van der Waals surface area contributed by atoms with Gasteiger partial charge in [-0.1, -0.05) is 60.7 Å². The Balaban J connectivity index is 2.10. The highest BCUT2D eigenvalue weighted by atomic mass is 16.5. The Morgan fingerprint density at radius 3 is 2.24 bits per heavy atom. The number of ether oxygens (including phenoxy) is 1. The summed E-state index contributed by atoms with van der Waals surface area (Å²) >= 11 is 0. The third kappa shape index (κ3) is 3.34. The maximum Gasteiger partial charge on any atom is 0.425 e. The lowest BCUT2D eigenvalue weighted by Crippen LogP contribution is -2.40. The lowest BCUT2D eigenvalue weighted by molar-refractivity contribution is 0.152. The van der Waals surface area contributed by atoms with Crippen molar-refractivity contribution in [3.05, 3.63) is 87.6 Å². The number of fused-ring (bicyclic) bond motifs is 1. The van der Waals surface area contributed by atoms with E-state index in [1.807, 2.05) is 60.7 Å². The fraction of sp³-hybridized carbons (Fsp3) is 0.0909. The first-order valence-corrected chi connectivity index (χ1v) is 9.08. The van der Waals surface area contributed by atoms with Crippen LogP contribution >= 0.6 is 0 Å². The third-order valence-electron chi connectivity index (χ3n) is 4.47. The lowest BCUT2D eigenvalue weighted by atomic mass is 10.0. The van der Waals surface area contributed by atoms with Gasteiger partial charge in [-0.3, -0.25) is 9.78 Å². The van der Waals surface area contributed by atoms with E-state index >= 15 is 0 Å². The zero-order valence-corrected chi connectivity index (χ0v) is 15.6. The average molecular weight is 387 g/mol. The Kier molecular flexibility index (Phi) is 4.78. The topological polar surface area (TPSA) is 94.1 Å². The zero-order valence-electron chi connectivity index (χ0n) is 15.6. The normalized spacial score (nSPS) is 10.8. The first kappa shape index (κ1) is 18.4. The Labute approximate surface area is 165 Å². The van der Waals surface area contributed by atoms with Gasteiger partial charge in [0.25, 0.3) is 5.56 Å². The quantitative estimate of drug-likeness (QED) is 0.581. The molecule has 144 valence electrons. The van der Waals surface area contributed by atoms with Crippen molar-refractivity contribution in [3.8, 4) is 22.4 Å². The Bertz CT molecular complexity index is 1310. The Morgan fingerprint density at radius 1 is 1.00 bits per heavy atom. The number of benzene rings is 2. The van der Waals surface area contributed by atoms with Crippen molar-refractivity contribution in [2.75, 3.05) is 6.61 Å². The SMILES string of the molecule is CCOC(=O)n1c(=O)[nH]c2nc(-c3ccccc3)cc(-c3ccccc3)c2c1=O. The molecule has 1 N–H and O–H groups in total. The van der Waals surface area contributed by atoms with Gasteiger partial charge in [-0.15, -0.1) is 0 Å². The van der Waals surface area contributed by atoms with Gasteiger partial charge in [0.15, 0.2) is 0 Å². The van der Waals surface area contributed by atoms with Gasteiger partial charge in [0.05, 0.1) is 17.7 Å². The van der Waals surface area contributed by atoms with Crippen LogP contribution in [0.2, 0.25) is 0 Å². The van der Waals surface area contributed by atoms with Gasteiger partial charge in [-0.05, 0) is 18.6 Å². The van der Waals surface area contributed by atoms with E-state index in [4.69, 9.17) is 4.74 Å². The van der Waals surface area contributed by atoms with Crippen molar-refractivity contribution in [3.63, 3.8) is 0 Å². The fourth-order valence-corrected chi connectivity index (χ4v) is 3.17. The van der Waals surface area contributed by atoms with E-state index in [1.165, 1.54) is 0 Å². The largest absolute Gasteiger partial charge is 0.449 e. The van der Waals surface area contributed by atoms with E-state index in [0.29, 0.717) is 15.8 Å². The molecular formula is C22H17N3O4. The molecule has 4 rings (SSSR count). The second kappa shape index (κ2) is 7.55. The van der Waals surface area contributed by atoms with Crippen LogP contribution < -0.4 is 11.2 Å². The monoisotopic (exact) mass is 387 g/mol. The molecule has 7 nitrogen and oxygen atoms in total. The van der Waals surface area contributed by atoms with E-state index < -0.39 is 17.3 Å². The van der Waals surface area contributed by atoms with Crippen LogP contribution in [0.4, 0.5) is 4.79 Å². The summed E-state index contributed by atoms with van der Waals surface area (Å²) in [6.45, 7) is 1.64. The first-order chi connectivity index (χ1) is 14.1. The van der Waals surface area contributed by atoms with Crippen LogP contribution in [0.5, 0.6) is 0 Å². The molecule has 4 aromatic rings. The molecule has 0 atom stereocenters. The summed E-state index contributed by atoms with van der Waals surface area (Å²) in [5, 5.41) is 0.142. The van der Waals surface area contributed by atoms with Gasteiger partial charge >= 0.3 is 11.8 Å². The van der Waals surface area contributed by atoms with Gasteiger partial charge in [-0.25, -0.2) is 14.6 Å². The van der Waals surface area contributed by atoms with E-state index in [2.05, 4.69) is 9.97 Å². The molecule has 0 fully saturated rings. The zero-order chi connectivity index (χ0) is 20.4. The second-order valence-electron chi connectivity index (χ2n) is 6.28. The van der Waals surface area contributed by atoms with Gasteiger partial charge in [-0.2, -0.15) is 4.57 Å². The number of carbonyl (C=O) groups is 1. The minimum Gasteiger partial charge on any atom is -0.449 e. The van der Waals surface area contributed by atoms with Crippen LogP contribution in [0.1, 0.15) is 6.92 Å². The number of hydrogen-bond donors (Lipinski definition) is 1. The van der Waals surface area contributed by atoms with E-state index in [0.717, 1.165) is 11.1 Å². The molecule has 2 heterocycles. The summed E-state index contributed by atoms with van der Waals surface area (Å²) in [6, 6.07) is 20.5. The smallest absolute Gasteiger partial charge is 0.425 e. The van der Waals surface area contributed by atoms with Gasteiger partial charge in [0, 0.05) is 11.1 Å². The summed E-state index contributed by atoms with van der Waals surface area (Å²) in [5.74, 6) is 0. The van der Waals surface area contributed by atoms with Gasteiger partial charge < -0.3 is 4.74 Å². The Hall–Kier alpha value is -4.00. The van der Waals surface area contributed by atoms with Crippen LogP contribution in [0.3, 0.4) is 0 Å². The number of aromatic amines is 1. The molecule has 0 bridgehead atoms. The van der Waals surface area contributed by atoms with Crippen molar-refractivity contribution in [1.82, 2.24) is 14.5 Å². The molecule has 0 amide bonds. The Morgan fingerprint density at radius 2 is 1.62 bits per heavy atom. The molecular weight excluding hydrogens is 370 g/mol. The number of pyridine rings is 1. The molecule has 0 aliphatic rings. The van der Waals surface area contributed by atoms with Crippen molar-refractivity contribution in [2.24, 2.45) is 0 Å². The van der Waals surface area contributed by atoms with Crippen LogP contribution in [-0.2, 0) is 4.74 Å². The van der Waals surface area contributed by atoms with E-state index in [1.54, 1.807) is 13.0 Å². The summed E-state index contributed by atoms with van der Waals surface area (Å²) in [7, 11) is 0. The predicted octanol–water partition coefficient (Wildman–Crippen LogP) is 3.42. The molecule has 0 spiro atoms. The number of hydrogen-bond acceptors (Lipinski definition) is 5. The highest BCUT2D eigenvalue weighted by molar-refractivity contribution is 5.95. The molecule has 2 aromatic heterocycles. The van der Waals surface area contributed by atoms with E-state index in [-0.39, 0.29) is 17.6 Å². The van der Waals surface area contributed by atoms with Crippen LogP contribution in [0.15, 0.2) is 76.3 Å². The number of H-pyrrole nitrogens is 1. The summed E-state index contributed by atoms with van der Waals surface area (Å²) < 4.78 is 5.32. The number of aromatic nitrogens is 3. The molecule has 0 saturated carbocycles. The summed E-state index contributed by atoms with van der Waals surface area (Å²) in [5.41, 5.74) is 1.21. The fourth-order valence-electron chi connectivity index (χ4n) is 3.17. The number of nitrogens with zero attached hydrogens (tertiary/aromatic N) is 2. The van der Waals surface area contributed by atoms with E-state index in [9.17, 15) is 14.4 Å². The molecule has 2 aromatic carbocycles. The summed E-state index contributed by atoms with van der Waals surface area (Å²) in [4.78, 5) is 44.7. The summed E-state index contributed by atoms with van der Waals surface area (Å²) in [6.07, 6.45) is -1.02. The van der Waals surface area contributed by atoms with Crippen LogP contribution in [-0.4, -0.2) is 27.2 Å². The third-order valence-corrected chi connectivity index (χ3v) is 4.47. The molecule has 0 aliphatic carbocycles. The highest BCUT2D eigenvalue weighted by Gasteiger charge is 2.20. The van der Waals surface area contributed by atoms with Crippen molar-refractivity contribution in [1.29, 1.82) is 0 Å². The number of nitrogens with one attached hydrogen (secondary N) is 1. The minimum atomic E-state index is -1.02. The maximum atomic E-state index is 13.1. The van der Waals surface area contributed by atoms with Crippen LogP contribution in [0.25, 0.3) is 33.4 Å². The van der Waals surface area contributed by atoms with Crippen molar-refractivity contribution >= 4 is 17.1 Å². The maximum absolute atomic E-state index is 13.1. The number of rotatable bonds is 3. The van der Waals surface area contributed by atoms with Gasteiger partial charge in [0.1, 0.15) is 5.65 Å². The minimum absolute atomic E-state index is 0.0412. The van der Waals surface area contributed by atoms with Crippen LogP contribution in [0, 0.1) is 0 Å². The number of carbonyl (C=O) groups excluding carboxylic acids is 1. The predicted molar refractivity (Wildman–Crippen MR) is 110 cm³/mol. The molecule has 0 saturated heterocycles. The van der Waals surface area contributed by atoms with Crippen molar-refractivity contribution in [2.45, 2.75) is 6.92 Å². The molecule has 29 heavy (non-hydrogen) atoms. The highest BCUT2D eigenvalue weighted by Crippen LogP contribution is 2.29. The molecule has 7 heteroatoms. The standard InChI is InChI=1S/C22H17N3O4/c1-2-29-22(28)25-20(26)18-16(14-9-5-3-6-10-14)13-17(15-11-7-4-8-12-15)23-19(18)24-21(25)27/h3-13H,2H2,1H3,(H,23,24,27). The van der Waals surface area contributed by atoms with Crippen molar-refractivity contribution < 1.29 is 9.53 Å². The second-order valence-corrected chi connectivity index (χ2v) is 6.28. The van der Waals surface area contributed by atoms with Gasteiger partial charge in [0.2, 0.25) is 0 Å². The molecule has 0 radical (unpaired) electrons. The lowest BCUT2D eigenvalue weighted by Gasteiger charge is -2.11. The average Bonchev–Trinajstić information content (AvgIpc) is 2.74.